The number of aromatic hydroxyl groups is 2. The largest absolute Gasteiger partial charge is 0.504 e. The van der Waals surface area contributed by atoms with Gasteiger partial charge in [0, 0.05) is 0 Å². The van der Waals surface area contributed by atoms with Gasteiger partial charge in [-0.3, -0.25) is 0 Å². The average Bonchev–Trinajstić information content (AvgIpc) is 2.13. The third-order valence-corrected chi connectivity index (χ3v) is 2.36. The van der Waals surface area contributed by atoms with E-state index >= 15 is 0 Å². The van der Waals surface area contributed by atoms with Crippen LogP contribution < -0.4 is 0 Å². The summed E-state index contributed by atoms with van der Waals surface area (Å²) < 4.78 is 0. The molecule has 0 heterocycles. The Balaban J connectivity index is 2.83. The molecule has 13 heavy (non-hydrogen) atoms. The number of rotatable bonds is 3. The van der Waals surface area contributed by atoms with Gasteiger partial charge in [-0.2, -0.15) is 0 Å². The zero-order valence-electron chi connectivity index (χ0n) is 8.12. The molecular formula is C11H16O2. The Morgan fingerprint density at radius 2 is 2.00 bits per heavy atom. The third kappa shape index (κ3) is 2.38. The van der Waals surface area contributed by atoms with Gasteiger partial charge in [-0.25, -0.2) is 0 Å². The molecule has 0 spiro atoms. The first-order valence-corrected chi connectivity index (χ1v) is 4.65. The topological polar surface area (TPSA) is 40.5 Å². The minimum atomic E-state index is -0.0270. The number of para-hydroxylation sites is 1. The van der Waals surface area contributed by atoms with Crippen molar-refractivity contribution in [3.8, 4) is 11.5 Å². The highest BCUT2D eigenvalue weighted by molar-refractivity contribution is 5.44. The molecule has 72 valence electrons. The van der Waals surface area contributed by atoms with Gasteiger partial charge >= 0.3 is 0 Å². The van der Waals surface area contributed by atoms with E-state index in [1.807, 2.05) is 6.07 Å². The molecule has 0 bridgehead atoms. The fourth-order valence-electron chi connectivity index (χ4n) is 1.26. The summed E-state index contributed by atoms with van der Waals surface area (Å²) in [6, 6.07) is 5.10. The van der Waals surface area contributed by atoms with Crippen molar-refractivity contribution < 1.29 is 10.2 Å². The SMILES string of the molecule is CCC(C)Cc1cccc(O)c1O. The predicted octanol–water partition coefficient (Wildman–Crippen LogP) is 2.69. The molecule has 0 saturated carbocycles. The molecule has 0 fully saturated rings. The molecule has 0 aromatic heterocycles. The van der Waals surface area contributed by atoms with Crippen LogP contribution in [0.4, 0.5) is 0 Å². The molecule has 0 saturated heterocycles. The predicted molar refractivity (Wildman–Crippen MR) is 52.9 cm³/mol. The molecule has 1 unspecified atom stereocenters. The summed E-state index contributed by atoms with van der Waals surface area (Å²) >= 11 is 0. The molecule has 0 amide bonds. The van der Waals surface area contributed by atoms with Crippen LogP contribution in [0.15, 0.2) is 18.2 Å². The molecule has 1 aromatic carbocycles. The Morgan fingerprint density at radius 1 is 1.31 bits per heavy atom. The molecule has 2 heteroatoms. The summed E-state index contributed by atoms with van der Waals surface area (Å²) in [7, 11) is 0. The maximum Gasteiger partial charge on any atom is 0.160 e. The summed E-state index contributed by atoms with van der Waals surface area (Å²) in [6.07, 6.45) is 1.89. The van der Waals surface area contributed by atoms with Gasteiger partial charge in [0.2, 0.25) is 0 Å². The van der Waals surface area contributed by atoms with Gasteiger partial charge in [-0.15, -0.1) is 0 Å². The lowest BCUT2D eigenvalue weighted by molar-refractivity contribution is 0.395. The summed E-state index contributed by atoms with van der Waals surface area (Å²) in [6.45, 7) is 4.24. The van der Waals surface area contributed by atoms with Crippen molar-refractivity contribution in [2.75, 3.05) is 0 Å². The van der Waals surface area contributed by atoms with E-state index in [1.165, 1.54) is 6.07 Å². The Bertz CT molecular complexity index is 281. The van der Waals surface area contributed by atoms with Crippen LogP contribution in [-0.4, -0.2) is 10.2 Å². The van der Waals surface area contributed by atoms with E-state index in [2.05, 4.69) is 13.8 Å². The Labute approximate surface area is 78.8 Å². The quantitative estimate of drug-likeness (QED) is 0.702. The summed E-state index contributed by atoms with van der Waals surface area (Å²) in [5.41, 5.74) is 0.828. The van der Waals surface area contributed by atoms with Crippen LogP contribution in [0.2, 0.25) is 0 Å². The lowest BCUT2D eigenvalue weighted by Gasteiger charge is -2.10. The second-order valence-electron chi connectivity index (χ2n) is 3.50. The van der Waals surface area contributed by atoms with Gasteiger partial charge in [0.1, 0.15) is 0 Å². The lowest BCUT2D eigenvalue weighted by atomic mass is 9.98. The monoisotopic (exact) mass is 180 g/mol. The highest BCUT2D eigenvalue weighted by Crippen LogP contribution is 2.30. The van der Waals surface area contributed by atoms with Crippen molar-refractivity contribution in [1.82, 2.24) is 0 Å². The van der Waals surface area contributed by atoms with Gasteiger partial charge < -0.3 is 10.2 Å². The van der Waals surface area contributed by atoms with Crippen molar-refractivity contribution in [2.45, 2.75) is 26.7 Å². The van der Waals surface area contributed by atoms with Crippen LogP contribution in [0.3, 0.4) is 0 Å². The van der Waals surface area contributed by atoms with Gasteiger partial charge in [0.05, 0.1) is 0 Å². The van der Waals surface area contributed by atoms with E-state index < -0.39 is 0 Å². The van der Waals surface area contributed by atoms with E-state index in [4.69, 9.17) is 0 Å². The Kier molecular flexibility index (Phi) is 3.18. The van der Waals surface area contributed by atoms with E-state index in [1.54, 1.807) is 6.07 Å². The first kappa shape index (κ1) is 9.90. The second kappa shape index (κ2) is 4.17. The zero-order valence-corrected chi connectivity index (χ0v) is 8.12. The van der Waals surface area contributed by atoms with Crippen molar-refractivity contribution in [1.29, 1.82) is 0 Å². The molecular weight excluding hydrogens is 164 g/mol. The van der Waals surface area contributed by atoms with Crippen LogP contribution in [-0.2, 0) is 6.42 Å². The maximum absolute atomic E-state index is 9.49. The van der Waals surface area contributed by atoms with E-state index in [0.29, 0.717) is 5.92 Å². The number of hydrogen-bond acceptors (Lipinski definition) is 2. The van der Waals surface area contributed by atoms with Gasteiger partial charge in [0.15, 0.2) is 11.5 Å². The number of phenols is 2. The molecule has 0 aliphatic rings. The molecule has 1 atom stereocenters. The normalized spacial score (nSPS) is 12.8. The Hall–Kier alpha value is -1.18. The minimum Gasteiger partial charge on any atom is -0.504 e. The highest BCUT2D eigenvalue weighted by Gasteiger charge is 2.08. The maximum atomic E-state index is 9.49. The average molecular weight is 180 g/mol. The molecule has 2 nitrogen and oxygen atoms in total. The molecule has 0 aliphatic heterocycles. The molecule has 2 N–H and O–H groups in total. The fraction of sp³-hybridized carbons (Fsp3) is 0.455. The first-order chi connectivity index (χ1) is 6.15. The smallest absolute Gasteiger partial charge is 0.160 e. The van der Waals surface area contributed by atoms with Gasteiger partial charge in [0.25, 0.3) is 0 Å². The van der Waals surface area contributed by atoms with Crippen molar-refractivity contribution in [3.05, 3.63) is 23.8 Å². The summed E-state index contributed by atoms with van der Waals surface area (Å²) in [5.74, 6) is 0.538. The number of phenolic OH excluding ortho intramolecular Hbond substituents is 2. The van der Waals surface area contributed by atoms with E-state index in [9.17, 15) is 10.2 Å². The molecule has 1 aromatic rings. The van der Waals surface area contributed by atoms with Gasteiger partial charge in [-0.1, -0.05) is 32.4 Å². The van der Waals surface area contributed by atoms with Crippen LogP contribution in [0.25, 0.3) is 0 Å². The molecule has 0 radical (unpaired) electrons. The highest BCUT2D eigenvalue weighted by atomic mass is 16.3. The lowest BCUT2D eigenvalue weighted by Crippen LogP contribution is -1.97. The number of hydrogen-bond donors (Lipinski definition) is 2. The second-order valence-corrected chi connectivity index (χ2v) is 3.50. The van der Waals surface area contributed by atoms with Crippen LogP contribution in [0, 0.1) is 5.92 Å². The van der Waals surface area contributed by atoms with Gasteiger partial charge in [-0.05, 0) is 24.0 Å². The van der Waals surface area contributed by atoms with Crippen molar-refractivity contribution >= 4 is 0 Å². The fourth-order valence-corrected chi connectivity index (χ4v) is 1.26. The van der Waals surface area contributed by atoms with Crippen molar-refractivity contribution in [2.24, 2.45) is 5.92 Å². The van der Waals surface area contributed by atoms with Crippen molar-refractivity contribution in [3.63, 3.8) is 0 Å². The zero-order chi connectivity index (χ0) is 9.84. The summed E-state index contributed by atoms with van der Waals surface area (Å²) in [5, 5.41) is 18.7. The minimum absolute atomic E-state index is 0.0270. The first-order valence-electron chi connectivity index (χ1n) is 4.65. The standard InChI is InChI=1S/C11H16O2/c1-3-8(2)7-9-5-4-6-10(12)11(9)13/h4-6,8,12-13H,3,7H2,1-2H3. The van der Waals surface area contributed by atoms with Crippen LogP contribution in [0.1, 0.15) is 25.8 Å². The third-order valence-electron chi connectivity index (χ3n) is 2.36. The van der Waals surface area contributed by atoms with Crippen LogP contribution >= 0.6 is 0 Å². The van der Waals surface area contributed by atoms with Crippen LogP contribution in [0.5, 0.6) is 11.5 Å². The number of benzene rings is 1. The van der Waals surface area contributed by atoms with E-state index in [0.717, 1.165) is 18.4 Å². The molecule has 0 aliphatic carbocycles. The molecule has 1 rings (SSSR count). The Morgan fingerprint density at radius 3 is 2.62 bits per heavy atom. The van der Waals surface area contributed by atoms with E-state index in [-0.39, 0.29) is 11.5 Å². The summed E-state index contributed by atoms with van der Waals surface area (Å²) in [4.78, 5) is 0.